The summed E-state index contributed by atoms with van der Waals surface area (Å²) in [5, 5.41) is 0. The number of fused-ring (bicyclic) bond motifs is 2. The van der Waals surface area contributed by atoms with Crippen LogP contribution in [0.25, 0.3) is 0 Å². The molecule has 1 saturated heterocycles. The monoisotopic (exact) mass is 253 g/mol. The molecule has 2 aliphatic rings. The summed E-state index contributed by atoms with van der Waals surface area (Å²) in [6.45, 7) is 6.86. The Morgan fingerprint density at radius 1 is 1.33 bits per heavy atom. The minimum Gasteiger partial charge on any atom is -0.466 e. The number of carbonyl (C=O) groups excluding carboxylic acids is 2. The Morgan fingerprint density at radius 3 is 2.67 bits per heavy atom. The van der Waals surface area contributed by atoms with Crippen LogP contribution in [0.15, 0.2) is 0 Å². The molecule has 102 valence electrons. The summed E-state index contributed by atoms with van der Waals surface area (Å²) in [4.78, 5) is 25.6. The highest BCUT2D eigenvalue weighted by Crippen LogP contribution is 2.52. The lowest BCUT2D eigenvalue weighted by Gasteiger charge is -2.39. The van der Waals surface area contributed by atoms with E-state index in [0.717, 1.165) is 32.2 Å². The average molecular weight is 253 g/mol. The zero-order valence-electron chi connectivity index (χ0n) is 11.6. The Balaban J connectivity index is 2.21. The van der Waals surface area contributed by atoms with E-state index in [9.17, 15) is 9.59 Å². The summed E-state index contributed by atoms with van der Waals surface area (Å²) in [6, 6.07) is 0. The number of carbonyl (C=O) groups is 2. The van der Waals surface area contributed by atoms with Gasteiger partial charge in [0.05, 0.1) is 18.6 Å². The Hall–Kier alpha value is -1.06. The van der Waals surface area contributed by atoms with Crippen molar-refractivity contribution in [2.45, 2.75) is 58.4 Å². The lowest BCUT2D eigenvalue weighted by atomic mass is 9.70. The van der Waals surface area contributed by atoms with Crippen molar-refractivity contribution < 1.29 is 14.3 Å². The van der Waals surface area contributed by atoms with Crippen molar-refractivity contribution in [2.75, 3.05) is 13.2 Å². The molecule has 0 aromatic heterocycles. The van der Waals surface area contributed by atoms with Gasteiger partial charge in [-0.1, -0.05) is 13.3 Å². The molecule has 2 rings (SSSR count). The molecule has 1 amide bonds. The van der Waals surface area contributed by atoms with Gasteiger partial charge in [-0.15, -0.1) is 0 Å². The van der Waals surface area contributed by atoms with Crippen molar-refractivity contribution in [3.63, 3.8) is 0 Å². The first kappa shape index (κ1) is 13.4. The number of hydrogen-bond acceptors (Lipinski definition) is 3. The zero-order valence-corrected chi connectivity index (χ0v) is 11.6. The number of ether oxygens (including phenoxy) is 1. The number of amides is 1. The van der Waals surface area contributed by atoms with Gasteiger partial charge in [0.15, 0.2) is 0 Å². The quantitative estimate of drug-likeness (QED) is 0.724. The second-order valence-electron chi connectivity index (χ2n) is 6.15. The number of rotatable bonds is 3. The molecule has 0 spiro atoms. The van der Waals surface area contributed by atoms with Gasteiger partial charge in [0.2, 0.25) is 5.91 Å². The first-order chi connectivity index (χ1) is 8.41. The third-order valence-corrected chi connectivity index (χ3v) is 4.45. The van der Waals surface area contributed by atoms with Gasteiger partial charge in [-0.05, 0) is 31.6 Å². The van der Waals surface area contributed by atoms with Crippen molar-refractivity contribution in [1.82, 2.24) is 4.90 Å². The standard InChI is InChI=1S/C14H23NO3/c1-4-18-12(17)8-14-7-5-6-13(3,9-14)10-15(14)11(2)16/h4-10H2,1-3H3/t13-,14-/m1/s1. The summed E-state index contributed by atoms with van der Waals surface area (Å²) in [6.07, 6.45) is 4.48. The SMILES string of the molecule is CCOC(=O)C[C@@]12CCC[C@@](C)(CN1C(C)=O)C2. The van der Waals surface area contributed by atoms with Crippen molar-refractivity contribution in [3.05, 3.63) is 0 Å². The van der Waals surface area contributed by atoms with Gasteiger partial charge in [-0.25, -0.2) is 0 Å². The van der Waals surface area contributed by atoms with Crippen molar-refractivity contribution in [3.8, 4) is 0 Å². The fourth-order valence-corrected chi connectivity index (χ4v) is 3.90. The van der Waals surface area contributed by atoms with E-state index in [1.807, 2.05) is 11.8 Å². The second-order valence-corrected chi connectivity index (χ2v) is 6.15. The Kier molecular flexibility index (Phi) is 3.39. The molecule has 0 aromatic carbocycles. The maximum absolute atomic E-state index is 11.8. The van der Waals surface area contributed by atoms with E-state index in [2.05, 4.69) is 6.92 Å². The van der Waals surface area contributed by atoms with Crippen LogP contribution in [0, 0.1) is 5.41 Å². The van der Waals surface area contributed by atoms with Crippen LogP contribution in [0.4, 0.5) is 0 Å². The molecule has 0 unspecified atom stereocenters. The van der Waals surface area contributed by atoms with E-state index in [4.69, 9.17) is 4.74 Å². The van der Waals surface area contributed by atoms with Crippen LogP contribution in [0.5, 0.6) is 0 Å². The lowest BCUT2D eigenvalue weighted by molar-refractivity contribution is -0.148. The van der Waals surface area contributed by atoms with Gasteiger partial charge in [-0.2, -0.15) is 0 Å². The zero-order chi connectivity index (χ0) is 13.4. The molecule has 18 heavy (non-hydrogen) atoms. The third kappa shape index (κ3) is 2.25. The van der Waals surface area contributed by atoms with E-state index in [1.165, 1.54) is 0 Å². The van der Waals surface area contributed by atoms with Crippen LogP contribution < -0.4 is 0 Å². The summed E-state index contributed by atoms with van der Waals surface area (Å²) < 4.78 is 5.07. The molecule has 4 heteroatoms. The predicted molar refractivity (Wildman–Crippen MR) is 67.9 cm³/mol. The summed E-state index contributed by atoms with van der Waals surface area (Å²) in [5.74, 6) is -0.0835. The van der Waals surface area contributed by atoms with Crippen LogP contribution in [0.2, 0.25) is 0 Å². The fraction of sp³-hybridized carbons (Fsp3) is 0.857. The highest BCUT2D eigenvalue weighted by atomic mass is 16.5. The van der Waals surface area contributed by atoms with Crippen LogP contribution in [-0.2, 0) is 14.3 Å². The van der Waals surface area contributed by atoms with Crippen molar-refractivity contribution in [1.29, 1.82) is 0 Å². The Bertz CT molecular complexity index is 368. The number of hydrogen-bond donors (Lipinski definition) is 0. The van der Waals surface area contributed by atoms with Gasteiger partial charge >= 0.3 is 5.97 Å². The minimum atomic E-state index is -0.273. The normalized spacial score (nSPS) is 34.5. The molecule has 1 saturated carbocycles. The van der Waals surface area contributed by atoms with Crippen LogP contribution in [-0.4, -0.2) is 35.5 Å². The molecule has 0 N–H and O–H groups in total. The molecule has 2 bridgehead atoms. The topological polar surface area (TPSA) is 46.6 Å². The van der Waals surface area contributed by atoms with Gasteiger partial charge in [0, 0.05) is 13.5 Å². The van der Waals surface area contributed by atoms with Crippen LogP contribution in [0.3, 0.4) is 0 Å². The van der Waals surface area contributed by atoms with Crippen LogP contribution in [0.1, 0.15) is 52.9 Å². The first-order valence-corrected chi connectivity index (χ1v) is 6.85. The van der Waals surface area contributed by atoms with Gasteiger partial charge < -0.3 is 9.64 Å². The summed E-state index contributed by atoms with van der Waals surface area (Å²) in [5.41, 5.74) is -0.0818. The Labute approximate surface area is 109 Å². The Morgan fingerprint density at radius 2 is 2.06 bits per heavy atom. The van der Waals surface area contributed by atoms with Gasteiger partial charge in [0.1, 0.15) is 0 Å². The third-order valence-electron chi connectivity index (χ3n) is 4.45. The average Bonchev–Trinajstić information content (AvgIpc) is 2.45. The lowest BCUT2D eigenvalue weighted by Crippen LogP contribution is -2.48. The smallest absolute Gasteiger partial charge is 0.308 e. The molecule has 2 fully saturated rings. The molecular weight excluding hydrogens is 230 g/mol. The molecule has 0 aromatic rings. The highest BCUT2D eigenvalue weighted by Gasteiger charge is 2.55. The van der Waals surface area contributed by atoms with Crippen LogP contribution >= 0.6 is 0 Å². The second kappa shape index (κ2) is 4.56. The van der Waals surface area contributed by atoms with E-state index < -0.39 is 0 Å². The maximum Gasteiger partial charge on any atom is 0.308 e. The molecule has 1 heterocycles. The number of likely N-dealkylation sites (tertiary alicyclic amines) is 1. The molecular formula is C14H23NO3. The number of esters is 1. The molecule has 0 radical (unpaired) electrons. The maximum atomic E-state index is 11.8. The summed E-state index contributed by atoms with van der Waals surface area (Å²) in [7, 11) is 0. The highest BCUT2D eigenvalue weighted by molar-refractivity contribution is 5.77. The van der Waals surface area contributed by atoms with Gasteiger partial charge in [0.25, 0.3) is 0 Å². The van der Waals surface area contributed by atoms with Crippen molar-refractivity contribution >= 4 is 11.9 Å². The van der Waals surface area contributed by atoms with Gasteiger partial charge in [-0.3, -0.25) is 9.59 Å². The minimum absolute atomic E-state index is 0.0879. The van der Waals surface area contributed by atoms with E-state index in [1.54, 1.807) is 6.92 Å². The van der Waals surface area contributed by atoms with E-state index in [0.29, 0.717) is 13.0 Å². The molecule has 1 aliphatic carbocycles. The first-order valence-electron chi connectivity index (χ1n) is 6.85. The molecule has 2 atom stereocenters. The molecule has 1 aliphatic heterocycles. The van der Waals surface area contributed by atoms with E-state index in [-0.39, 0.29) is 22.8 Å². The fourth-order valence-electron chi connectivity index (χ4n) is 3.90. The predicted octanol–water partition coefficient (Wildman–Crippen LogP) is 2.12. The van der Waals surface area contributed by atoms with E-state index >= 15 is 0 Å². The largest absolute Gasteiger partial charge is 0.466 e. The molecule has 4 nitrogen and oxygen atoms in total. The summed E-state index contributed by atoms with van der Waals surface area (Å²) >= 11 is 0. The number of nitrogens with zero attached hydrogens (tertiary/aromatic N) is 1. The van der Waals surface area contributed by atoms with Crippen molar-refractivity contribution in [2.24, 2.45) is 5.41 Å².